The molecule has 0 fully saturated rings. The fourth-order valence-corrected chi connectivity index (χ4v) is 3.28. The zero-order valence-corrected chi connectivity index (χ0v) is 17.1. The second-order valence-electron chi connectivity index (χ2n) is 6.25. The summed E-state index contributed by atoms with van der Waals surface area (Å²) < 4.78 is 33.5. The molecule has 29 heavy (non-hydrogen) atoms. The molecule has 0 bridgehead atoms. The summed E-state index contributed by atoms with van der Waals surface area (Å²) in [4.78, 5) is 22.8. The molecule has 1 N–H and O–H groups in total. The van der Waals surface area contributed by atoms with Crippen molar-refractivity contribution in [2.45, 2.75) is 24.3 Å². The standard InChI is InChI=1S/C19H22N2O7S/c1-4-16(13-5-8-15(9-6-13)29(3,25)26)20-19(22)12-28-14-7-10-17(21(23)24)18(11-14)27-2/h5-11,16H,4,12H2,1-3H3,(H,20,22). The van der Waals surface area contributed by atoms with Crippen LogP contribution in [-0.4, -0.2) is 39.2 Å². The number of carbonyl (C=O) groups is 1. The molecule has 1 atom stereocenters. The van der Waals surface area contributed by atoms with Gasteiger partial charge in [0.1, 0.15) is 5.75 Å². The van der Waals surface area contributed by atoms with Crippen LogP contribution in [0.25, 0.3) is 0 Å². The molecular formula is C19H22N2O7S. The van der Waals surface area contributed by atoms with Crippen LogP contribution >= 0.6 is 0 Å². The monoisotopic (exact) mass is 422 g/mol. The second-order valence-corrected chi connectivity index (χ2v) is 8.26. The quantitative estimate of drug-likeness (QED) is 0.486. The minimum absolute atomic E-state index is 0.0327. The van der Waals surface area contributed by atoms with Gasteiger partial charge in [-0.25, -0.2) is 8.42 Å². The average Bonchev–Trinajstić information content (AvgIpc) is 2.69. The van der Waals surface area contributed by atoms with E-state index in [4.69, 9.17) is 9.47 Å². The van der Waals surface area contributed by atoms with Gasteiger partial charge in [-0.1, -0.05) is 19.1 Å². The van der Waals surface area contributed by atoms with Crippen molar-refractivity contribution in [2.24, 2.45) is 0 Å². The van der Waals surface area contributed by atoms with E-state index in [1.54, 1.807) is 12.1 Å². The molecule has 2 aromatic carbocycles. The lowest BCUT2D eigenvalue weighted by Crippen LogP contribution is -2.32. The Bertz CT molecular complexity index is 988. The Hall–Kier alpha value is -3.14. The van der Waals surface area contributed by atoms with Crippen LogP contribution in [0.4, 0.5) is 5.69 Å². The van der Waals surface area contributed by atoms with Gasteiger partial charge in [-0.2, -0.15) is 0 Å². The molecule has 0 spiro atoms. The number of sulfone groups is 1. The van der Waals surface area contributed by atoms with E-state index in [9.17, 15) is 23.3 Å². The predicted molar refractivity (Wildman–Crippen MR) is 106 cm³/mol. The van der Waals surface area contributed by atoms with Gasteiger partial charge in [0.2, 0.25) is 5.75 Å². The number of rotatable bonds is 9. The summed E-state index contributed by atoms with van der Waals surface area (Å²) in [6, 6.07) is 9.97. The number of benzene rings is 2. The van der Waals surface area contributed by atoms with Gasteiger partial charge in [-0.3, -0.25) is 14.9 Å². The Labute approximate surface area is 168 Å². The molecule has 156 valence electrons. The van der Waals surface area contributed by atoms with Gasteiger partial charge in [0.25, 0.3) is 5.91 Å². The van der Waals surface area contributed by atoms with Crippen molar-refractivity contribution < 1.29 is 27.6 Å². The molecule has 2 aromatic rings. The first-order valence-corrected chi connectivity index (χ1v) is 10.6. The predicted octanol–water partition coefficient (Wildman–Crippen LogP) is 2.65. The highest BCUT2D eigenvalue weighted by Gasteiger charge is 2.17. The van der Waals surface area contributed by atoms with E-state index in [0.717, 1.165) is 11.8 Å². The van der Waals surface area contributed by atoms with Gasteiger partial charge in [-0.15, -0.1) is 0 Å². The minimum Gasteiger partial charge on any atom is -0.490 e. The van der Waals surface area contributed by atoms with Crippen molar-refractivity contribution in [1.29, 1.82) is 0 Å². The fraction of sp³-hybridized carbons (Fsp3) is 0.316. The number of methoxy groups -OCH3 is 1. The van der Waals surface area contributed by atoms with Crippen LogP contribution in [0.2, 0.25) is 0 Å². The number of nitro benzene ring substituents is 1. The normalized spacial score (nSPS) is 12.1. The maximum Gasteiger partial charge on any atom is 0.311 e. The van der Waals surface area contributed by atoms with E-state index >= 15 is 0 Å². The highest BCUT2D eigenvalue weighted by atomic mass is 32.2. The minimum atomic E-state index is -3.29. The molecule has 0 radical (unpaired) electrons. The van der Waals surface area contributed by atoms with Crippen molar-refractivity contribution in [3.05, 3.63) is 58.1 Å². The molecule has 0 aliphatic rings. The first kappa shape index (κ1) is 22.2. The first-order valence-electron chi connectivity index (χ1n) is 8.70. The largest absolute Gasteiger partial charge is 0.490 e. The summed E-state index contributed by atoms with van der Waals surface area (Å²) in [5, 5.41) is 13.7. The van der Waals surface area contributed by atoms with Gasteiger partial charge in [-0.05, 0) is 30.2 Å². The molecule has 0 saturated heterocycles. The summed E-state index contributed by atoms with van der Waals surface area (Å²) in [5.74, 6) is -0.0974. The van der Waals surface area contributed by atoms with Crippen molar-refractivity contribution in [1.82, 2.24) is 5.32 Å². The number of nitrogens with zero attached hydrogens (tertiary/aromatic N) is 1. The van der Waals surface area contributed by atoms with Gasteiger partial charge in [0.15, 0.2) is 16.4 Å². The number of nitro groups is 1. The number of hydrogen-bond acceptors (Lipinski definition) is 7. The fourth-order valence-electron chi connectivity index (χ4n) is 2.65. The second kappa shape index (κ2) is 9.37. The van der Waals surface area contributed by atoms with Crippen molar-refractivity contribution >= 4 is 21.4 Å². The lowest BCUT2D eigenvalue weighted by Gasteiger charge is -2.18. The average molecular weight is 422 g/mol. The zero-order valence-electron chi connectivity index (χ0n) is 16.2. The van der Waals surface area contributed by atoms with Crippen LogP contribution in [-0.2, 0) is 14.6 Å². The van der Waals surface area contributed by atoms with Crippen LogP contribution in [0.1, 0.15) is 24.9 Å². The lowest BCUT2D eigenvalue weighted by molar-refractivity contribution is -0.385. The van der Waals surface area contributed by atoms with E-state index in [-0.39, 0.29) is 40.6 Å². The number of nitrogens with one attached hydrogen (secondary N) is 1. The third kappa shape index (κ3) is 5.92. The van der Waals surface area contributed by atoms with E-state index in [1.165, 1.54) is 37.4 Å². The molecule has 0 heterocycles. The summed E-state index contributed by atoms with van der Waals surface area (Å²) in [6.45, 7) is 1.59. The smallest absolute Gasteiger partial charge is 0.311 e. The Morgan fingerprint density at radius 1 is 1.21 bits per heavy atom. The molecule has 0 aliphatic heterocycles. The topological polar surface area (TPSA) is 125 Å². The third-order valence-electron chi connectivity index (χ3n) is 4.17. The Morgan fingerprint density at radius 3 is 2.38 bits per heavy atom. The summed E-state index contributed by atoms with van der Waals surface area (Å²) >= 11 is 0. The number of ether oxygens (including phenoxy) is 2. The molecule has 2 rings (SSSR count). The van der Waals surface area contributed by atoms with Gasteiger partial charge in [0.05, 0.1) is 23.0 Å². The Kier molecular flexibility index (Phi) is 7.16. The van der Waals surface area contributed by atoms with E-state index in [0.29, 0.717) is 6.42 Å². The molecule has 1 amide bonds. The van der Waals surface area contributed by atoms with Gasteiger partial charge in [0, 0.05) is 18.4 Å². The van der Waals surface area contributed by atoms with Gasteiger partial charge < -0.3 is 14.8 Å². The van der Waals surface area contributed by atoms with E-state index < -0.39 is 14.8 Å². The summed E-state index contributed by atoms with van der Waals surface area (Å²) in [5.41, 5.74) is 0.568. The molecule has 0 aliphatic carbocycles. The number of carbonyl (C=O) groups excluding carboxylic acids is 1. The summed E-state index contributed by atoms with van der Waals surface area (Å²) in [7, 11) is -1.98. The number of hydrogen-bond donors (Lipinski definition) is 1. The Balaban J connectivity index is 2.01. The van der Waals surface area contributed by atoms with Crippen molar-refractivity contribution in [3.8, 4) is 11.5 Å². The van der Waals surface area contributed by atoms with Crippen LogP contribution in [0, 0.1) is 10.1 Å². The Morgan fingerprint density at radius 2 is 1.86 bits per heavy atom. The summed E-state index contributed by atoms with van der Waals surface area (Å²) in [6.07, 6.45) is 1.72. The lowest BCUT2D eigenvalue weighted by atomic mass is 10.0. The van der Waals surface area contributed by atoms with Crippen molar-refractivity contribution in [2.75, 3.05) is 20.0 Å². The SMILES string of the molecule is CCC(NC(=O)COc1ccc([N+](=O)[O-])c(OC)c1)c1ccc(S(C)(=O)=O)cc1. The van der Waals surface area contributed by atoms with Crippen LogP contribution in [0.15, 0.2) is 47.4 Å². The third-order valence-corrected chi connectivity index (χ3v) is 5.30. The number of amides is 1. The maximum atomic E-state index is 12.2. The highest BCUT2D eigenvalue weighted by molar-refractivity contribution is 7.90. The molecule has 9 nitrogen and oxygen atoms in total. The molecule has 10 heteroatoms. The molecular weight excluding hydrogens is 400 g/mol. The van der Waals surface area contributed by atoms with E-state index in [1.807, 2.05) is 6.92 Å². The van der Waals surface area contributed by atoms with Gasteiger partial charge >= 0.3 is 5.69 Å². The molecule has 0 aromatic heterocycles. The molecule has 0 saturated carbocycles. The first-order chi connectivity index (χ1) is 13.7. The maximum absolute atomic E-state index is 12.2. The van der Waals surface area contributed by atoms with Crippen LogP contribution in [0.3, 0.4) is 0 Å². The molecule has 1 unspecified atom stereocenters. The van der Waals surface area contributed by atoms with Crippen molar-refractivity contribution in [3.63, 3.8) is 0 Å². The van der Waals surface area contributed by atoms with E-state index in [2.05, 4.69) is 5.32 Å². The zero-order chi connectivity index (χ0) is 21.6. The highest BCUT2D eigenvalue weighted by Crippen LogP contribution is 2.30. The van der Waals surface area contributed by atoms with Crippen LogP contribution < -0.4 is 14.8 Å². The van der Waals surface area contributed by atoms with Crippen LogP contribution in [0.5, 0.6) is 11.5 Å².